The van der Waals surface area contributed by atoms with Gasteiger partial charge in [0, 0.05) is 19.3 Å². The van der Waals surface area contributed by atoms with Crippen LogP contribution in [0.1, 0.15) is 87.0 Å². The number of esters is 2. The summed E-state index contributed by atoms with van der Waals surface area (Å²) in [7, 11) is 0. The Balaban J connectivity index is 1.53. The summed E-state index contributed by atoms with van der Waals surface area (Å²) >= 11 is 0. The van der Waals surface area contributed by atoms with Gasteiger partial charge in [0.2, 0.25) is 0 Å². The Morgan fingerprint density at radius 1 is 1.16 bits per heavy atom. The highest BCUT2D eigenvalue weighted by Crippen LogP contribution is 2.48. The molecule has 0 aromatic carbocycles. The third-order valence-corrected chi connectivity index (χ3v) is 10.8. The number of aliphatic hydroxyl groups is 3. The normalized spacial score (nSPS) is 40.3. The van der Waals surface area contributed by atoms with Crippen LogP contribution >= 0.6 is 0 Å². The molecule has 10 nitrogen and oxygen atoms in total. The van der Waals surface area contributed by atoms with Crippen molar-refractivity contribution in [2.24, 2.45) is 23.7 Å². The van der Waals surface area contributed by atoms with Gasteiger partial charge in [-0.05, 0) is 74.5 Å². The van der Waals surface area contributed by atoms with E-state index in [0.29, 0.717) is 24.8 Å². The van der Waals surface area contributed by atoms with E-state index in [1.807, 2.05) is 52.8 Å². The quantitative estimate of drug-likeness (QED) is 0.267. The van der Waals surface area contributed by atoms with Crippen molar-refractivity contribution in [1.82, 2.24) is 0 Å². The van der Waals surface area contributed by atoms with E-state index >= 15 is 0 Å². The lowest BCUT2D eigenvalue weighted by Gasteiger charge is -2.52. The molecule has 0 radical (unpaired) electrons. The molecule has 1 spiro atoms. The zero-order valence-corrected chi connectivity index (χ0v) is 30.1. The van der Waals surface area contributed by atoms with E-state index in [1.54, 1.807) is 6.08 Å². The Morgan fingerprint density at radius 2 is 1.92 bits per heavy atom. The predicted molar refractivity (Wildman–Crippen MR) is 183 cm³/mol. The lowest BCUT2D eigenvalue weighted by atomic mass is 9.70. The zero-order chi connectivity index (χ0) is 35.7. The van der Waals surface area contributed by atoms with Crippen LogP contribution in [0.25, 0.3) is 0 Å². The van der Waals surface area contributed by atoms with Crippen LogP contribution in [-0.4, -0.2) is 88.5 Å². The highest BCUT2D eigenvalue weighted by Gasteiger charge is 2.61. The van der Waals surface area contributed by atoms with Crippen molar-refractivity contribution in [3.8, 4) is 0 Å². The molecule has 11 atom stereocenters. The van der Waals surface area contributed by atoms with Crippen LogP contribution in [0.3, 0.4) is 0 Å². The van der Waals surface area contributed by atoms with Crippen LogP contribution in [0, 0.1) is 23.7 Å². The van der Waals surface area contributed by atoms with Crippen LogP contribution in [-0.2, 0) is 33.3 Å². The maximum Gasteiger partial charge on any atom is 0.316 e. The third kappa shape index (κ3) is 8.00. The Kier molecular flexibility index (Phi) is 11.8. The molecule has 0 amide bonds. The number of carbonyl (C=O) groups excluding carboxylic acids is 2. The minimum atomic E-state index is -1.91. The first-order valence-corrected chi connectivity index (χ1v) is 18.0. The Bertz CT molecular complexity index is 1390. The summed E-state index contributed by atoms with van der Waals surface area (Å²) in [4.78, 5) is 26.8. The molecule has 10 heteroatoms. The number of rotatable bonds is 5. The molecular formula is C39H56O10. The van der Waals surface area contributed by atoms with E-state index in [4.69, 9.17) is 23.7 Å². The van der Waals surface area contributed by atoms with E-state index in [9.17, 15) is 24.9 Å². The molecule has 3 saturated heterocycles. The summed E-state index contributed by atoms with van der Waals surface area (Å²) in [6, 6.07) is 0. The third-order valence-electron chi connectivity index (χ3n) is 10.8. The van der Waals surface area contributed by atoms with Gasteiger partial charge in [-0.3, -0.25) is 9.59 Å². The summed E-state index contributed by atoms with van der Waals surface area (Å²) in [5, 5.41) is 35.3. The first-order valence-electron chi connectivity index (χ1n) is 18.0. The fourth-order valence-electron chi connectivity index (χ4n) is 8.03. The standard InChI is InChI=1S/C39H56O10/c1-8-25(6)35-26(7)16-32(40)38(49-35)19-30-18-29(48-38)13-12-24(5)15-23(4)10-9-11-28-21-46-36-34(42)27(20-45-33(41)14-22(2)3)17-31(37(43)47-30)39(28,36)44/h8-12,17,22-23,26,29-32,34-36,40,42,44H,13-16,18-21H2,1-7H3/b10-9?,24-12?,25-8+,28-11?/t23-,26-,29+,30-,31-,32+,34+,35+,36?,38-,39+/m0/s1. The number of hydrogen-bond acceptors (Lipinski definition) is 10. The maximum absolute atomic E-state index is 14.3. The van der Waals surface area contributed by atoms with Crippen molar-refractivity contribution in [3.05, 3.63) is 58.7 Å². The molecule has 5 rings (SSSR count). The van der Waals surface area contributed by atoms with Gasteiger partial charge in [0.05, 0.1) is 18.8 Å². The van der Waals surface area contributed by atoms with Gasteiger partial charge < -0.3 is 39.0 Å². The molecule has 49 heavy (non-hydrogen) atoms. The second-order valence-corrected chi connectivity index (χ2v) is 15.4. The second kappa shape index (κ2) is 15.3. The Labute approximate surface area is 290 Å². The van der Waals surface area contributed by atoms with Crippen molar-refractivity contribution in [2.75, 3.05) is 13.2 Å². The molecule has 5 aliphatic rings. The van der Waals surface area contributed by atoms with Crippen molar-refractivity contribution < 1.29 is 48.6 Å². The van der Waals surface area contributed by atoms with Gasteiger partial charge in [0.15, 0.2) is 5.79 Å². The van der Waals surface area contributed by atoms with E-state index < -0.39 is 59.8 Å². The molecule has 0 saturated carbocycles. The fraction of sp³-hybridized carbons (Fsp3) is 0.692. The highest BCUT2D eigenvalue weighted by atomic mass is 16.7. The van der Waals surface area contributed by atoms with Gasteiger partial charge in [0.1, 0.15) is 42.5 Å². The molecule has 1 aliphatic carbocycles. The average Bonchev–Trinajstić information content (AvgIpc) is 3.37. The summed E-state index contributed by atoms with van der Waals surface area (Å²) in [5.41, 5.74) is 1.01. The minimum Gasteiger partial charge on any atom is -0.462 e. The smallest absolute Gasteiger partial charge is 0.316 e. The van der Waals surface area contributed by atoms with Crippen molar-refractivity contribution in [2.45, 2.75) is 135 Å². The molecule has 4 aliphatic heterocycles. The second-order valence-electron chi connectivity index (χ2n) is 15.4. The first-order chi connectivity index (χ1) is 23.2. The number of carbonyl (C=O) groups is 2. The number of fused-ring (bicyclic) bond motifs is 2. The Morgan fingerprint density at radius 3 is 2.63 bits per heavy atom. The maximum atomic E-state index is 14.3. The average molecular weight is 685 g/mol. The van der Waals surface area contributed by atoms with Gasteiger partial charge in [-0.25, -0.2) is 0 Å². The van der Waals surface area contributed by atoms with E-state index in [1.165, 1.54) is 11.6 Å². The van der Waals surface area contributed by atoms with Crippen LogP contribution in [0.15, 0.2) is 58.7 Å². The van der Waals surface area contributed by atoms with E-state index in [-0.39, 0.29) is 55.5 Å². The molecule has 0 aromatic rings. The van der Waals surface area contributed by atoms with Crippen LogP contribution in [0.5, 0.6) is 0 Å². The van der Waals surface area contributed by atoms with Gasteiger partial charge in [-0.2, -0.15) is 0 Å². The number of hydrogen-bond donors (Lipinski definition) is 3. The van der Waals surface area contributed by atoms with Gasteiger partial charge in [-0.15, -0.1) is 0 Å². The lowest BCUT2D eigenvalue weighted by Crippen LogP contribution is -2.62. The SMILES string of the molecule is C/C=C(\C)[C@H]1O[C@@]2(C[C@@H]3C[C@@H](CC=C(C)C[C@@H](C)C=CC=C4COC5[C@H](O)C(COC(=O)CC(C)C)=C[C@@H](C(=O)O3)[C@]45O)O2)[C@H](O)C[C@@H]1C. The lowest BCUT2D eigenvalue weighted by molar-refractivity contribution is -0.363. The van der Waals surface area contributed by atoms with Gasteiger partial charge >= 0.3 is 11.9 Å². The Hall–Kier alpha value is -2.60. The summed E-state index contributed by atoms with van der Waals surface area (Å²) < 4.78 is 31.0. The molecule has 2 bridgehead atoms. The predicted octanol–water partition coefficient (Wildman–Crippen LogP) is 5.02. The van der Waals surface area contributed by atoms with E-state index in [0.717, 1.165) is 12.0 Å². The minimum absolute atomic E-state index is 0.000270. The molecule has 272 valence electrons. The topological polar surface area (TPSA) is 141 Å². The first kappa shape index (κ1) is 37.7. The van der Waals surface area contributed by atoms with Gasteiger partial charge in [-0.1, -0.05) is 69.7 Å². The van der Waals surface area contributed by atoms with E-state index in [2.05, 4.69) is 19.9 Å². The van der Waals surface area contributed by atoms with Crippen LogP contribution < -0.4 is 0 Å². The molecule has 4 heterocycles. The zero-order valence-electron chi connectivity index (χ0n) is 30.1. The van der Waals surface area contributed by atoms with Gasteiger partial charge in [0.25, 0.3) is 0 Å². The van der Waals surface area contributed by atoms with Crippen molar-refractivity contribution in [3.63, 3.8) is 0 Å². The number of allylic oxidation sites excluding steroid dienone is 5. The monoisotopic (exact) mass is 684 g/mol. The van der Waals surface area contributed by atoms with Crippen molar-refractivity contribution in [1.29, 1.82) is 0 Å². The summed E-state index contributed by atoms with van der Waals surface area (Å²) in [6.45, 7) is 13.8. The number of aliphatic hydroxyl groups excluding tert-OH is 2. The molecule has 0 aromatic heterocycles. The fourth-order valence-corrected chi connectivity index (χ4v) is 8.03. The van der Waals surface area contributed by atoms with Crippen LogP contribution in [0.4, 0.5) is 0 Å². The largest absolute Gasteiger partial charge is 0.462 e. The van der Waals surface area contributed by atoms with Crippen LogP contribution in [0.2, 0.25) is 0 Å². The molecule has 1 unspecified atom stereocenters. The summed E-state index contributed by atoms with van der Waals surface area (Å²) in [6.07, 6.45) is 8.93. The summed E-state index contributed by atoms with van der Waals surface area (Å²) in [5.74, 6) is -3.47. The number of ether oxygens (including phenoxy) is 5. The molecular weight excluding hydrogens is 628 g/mol. The van der Waals surface area contributed by atoms with Crippen molar-refractivity contribution >= 4 is 11.9 Å². The molecule has 3 N–H and O–H groups in total. The molecule has 3 fully saturated rings. The highest BCUT2D eigenvalue weighted by molar-refractivity contribution is 5.79.